The summed E-state index contributed by atoms with van der Waals surface area (Å²) in [5.41, 5.74) is 0. The molecule has 1 aromatic carbocycles. The number of hydrogen-bond acceptors (Lipinski definition) is 3. The fraction of sp³-hybridized carbons (Fsp3) is 0.625. The Morgan fingerprint density at radius 3 is 2.58 bits per heavy atom. The van der Waals surface area contributed by atoms with Crippen LogP contribution in [0.4, 0.5) is 0 Å². The van der Waals surface area contributed by atoms with E-state index in [1.165, 1.54) is 32.1 Å². The maximum atomic E-state index is 6.15. The molecule has 1 N–H and O–H groups in total. The Labute approximate surface area is 115 Å². The lowest BCUT2D eigenvalue weighted by Crippen LogP contribution is -2.51. The molecule has 3 rings (SSSR count). The SMILES string of the molecule is CNC(C1CCCCC1)C1COc2ccccc2O1. The van der Waals surface area contributed by atoms with Gasteiger partial charge in [0.15, 0.2) is 11.5 Å². The van der Waals surface area contributed by atoms with E-state index in [0.29, 0.717) is 12.6 Å². The highest BCUT2D eigenvalue weighted by atomic mass is 16.6. The van der Waals surface area contributed by atoms with E-state index < -0.39 is 0 Å². The Hall–Kier alpha value is -1.22. The average molecular weight is 261 g/mol. The summed E-state index contributed by atoms with van der Waals surface area (Å²) in [5, 5.41) is 3.47. The summed E-state index contributed by atoms with van der Waals surface area (Å²) in [6.07, 6.45) is 6.85. The number of fused-ring (bicyclic) bond motifs is 1. The van der Waals surface area contributed by atoms with Gasteiger partial charge in [0.2, 0.25) is 0 Å². The Bertz CT molecular complexity index is 415. The molecule has 0 spiro atoms. The van der Waals surface area contributed by atoms with Crippen LogP contribution < -0.4 is 14.8 Å². The summed E-state index contributed by atoms with van der Waals surface area (Å²) >= 11 is 0. The van der Waals surface area contributed by atoms with E-state index in [-0.39, 0.29) is 6.10 Å². The zero-order valence-electron chi connectivity index (χ0n) is 11.6. The van der Waals surface area contributed by atoms with Gasteiger partial charge in [-0.25, -0.2) is 0 Å². The predicted octanol–water partition coefficient (Wildman–Crippen LogP) is 2.99. The minimum absolute atomic E-state index is 0.128. The Kier molecular flexibility index (Phi) is 3.92. The van der Waals surface area contributed by atoms with Crippen molar-refractivity contribution in [1.29, 1.82) is 0 Å². The van der Waals surface area contributed by atoms with Crippen LogP contribution in [0.25, 0.3) is 0 Å². The summed E-state index contributed by atoms with van der Waals surface area (Å²) in [6.45, 7) is 0.652. The number of likely N-dealkylation sites (N-methyl/N-ethyl adjacent to an activating group) is 1. The van der Waals surface area contributed by atoms with Gasteiger partial charge < -0.3 is 14.8 Å². The molecule has 2 atom stereocenters. The van der Waals surface area contributed by atoms with Crippen LogP contribution in [0.2, 0.25) is 0 Å². The van der Waals surface area contributed by atoms with E-state index >= 15 is 0 Å². The Balaban J connectivity index is 1.71. The summed E-state index contributed by atoms with van der Waals surface area (Å²) in [4.78, 5) is 0. The van der Waals surface area contributed by atoms with Crippen LogP contribution in [0, 0.1) is 5.92 Å². The quantitative estimate of drug-likeness (QED) is 0.907. The molecular formula is C16H23NO2. The van der Waals surface area contributed by atoms with E-state index in [9.17, 15) is 0 Å². The number of ether oxygens (including phenoxy) is 2. The van der Waals surface area contributed by atoms with Gasteiger partial charge in [-0.05, 0) is 37.9 Å². The lowest BCUT2D eigenvalue weighted by molar-refractivity contribution is 0.0393. The van der Waals surface area contributed by atoms with Crippen LogP contribution in [0.15, 0.2) is 24.3 Å². The second-order valence-electron chi connectivity index (χ2n) is 5.63. The molecule has 1 aliphatic heterocycles. The van der Waals surface area contributed by atoms with Crippen molar-refractivity contribution in [1.82, 2.24) is 5.32 Å². The van der Waals surface area contributed by atoms with E-state index in [2.05, 4.69) is 5.32 Å². The molecule has 2 aliphatic rings. The Morgan fingerprint density at radius 1 is 1.11 bits per heavy atom. The minimum Gasteiger partial charge on any atom is -0.486 e. The zero-order chi connectivity index (χ0) is 13.1. The first-order valence-electron chi connectivity index (χ1n) is 7.44. The van der Waals surface area contributed by atoms with Crippen molar-refractivity contribution < 1.29 is 9.47 Å². The van der Waals surface area contributed by atoms with Crippen molar-refractivity contribution in [3.05, 3.63) is 24.3 Å². The van der Waals surface area contributed by atoms with Crippen LogP contribution in [-0.4, -0.2) is 25.8 Å². The molecule has 1 aliphatic carbocycles. The molecule has 104 valence electrons. The highest BCUT2D eigenvalue weighted by molar-refractivity contribution is 5.40. The second-order valence-corrected chi connectivity index (χ2v) is 5.63. The fourth-order valence-corrected chi connectivity index (χ4v) is 3.43. The van der Waals surface area contributed by atoms with Crippen molar-refractivity contribution in [3.8, 4) is 11.5 Å². The zero-order valence-corrected chi connectivity index (χ0v) is 11.6. The van der Waals surface area contributed by atoms with Crippen LogP contribution in [0.3, 0.4) is 0 Å². The maximum Gasteiger partial charge on any atom is 0.161 e. The third-order valence-electron chi connectivity index (χ3n) is 4.42. The van der Waals surface area contributed by atoms with Gasteiger partial charge in [-0.3, -0.25) is 0 Å². The number of rotatable bonds is 3. The molecule has 1 heterocycles. The lowest BCUT2D eigenvalue weighted by Gasteiger charge is -2.37. The van der Waals surface area contributed by atoms with Gasteiger partial charge in [0.1, 0.15) is 12.7 Å². The first-order chi connectivity index (χ1) is 9.38. The highest BCUT2D eigenvalue weighted by Gasteiger charge is 2.33. The molecule has 0 aromatic heterocycles. The van der Waals surface area contributed by atoms with Crippen LogP contribution >= 0.6 is 0 Å². The molecule has 19 heavy (non-hydrogen) atoms. The standard InChI is InChI=1S/C16H23NO2/c1-17-16(12-7-3-2-4-8-12)15-11-18-13-9-5-6-10-14(13)19-15/h5-6,9-10,12,15-17H,2-4,7-8,11H2,1H3. The molecule has 1 aromatic rings. The molecule has 0 radical (unpaired) electrons. The van der Waals surface area contributed by atoms with Gasteiger partial charge >= 0.3 is 0 Å². The monoisotopic (exact) mass is 261 g/mol. The van der Waals surface area contributed by atoms with Crippen LogP contribution in [-0.2, 0) is 0 Å². The number of hydrogen-bond donors (Lipinski definition) is 1. The molecule has 2 unspecified atom stereocenters. The first kappa shape index (κ1) is 12.8. The summed E-state index contributed by atoms with van der Waals surface area (Å²) in [6, 6.07) is 8.35. The molecule has 0 amide bonds. The van der Waals surface area contributed by atoms with Crippen molar-refractivity contribution in [3.63, 3.8) is 0 Å². The molecule has 1 fully saturated rings. The van der Waals surface area contributed by atoms with Crippen molar-refractivity contribution >= 4 is 0 Å². The lowest BCUT2D eigenvalue weighted by atomic mass is 9.81. The van der Waals surface area contributed by atoms with Crippen molar-refractivity contribution in [2.24, 2.45) is 5.92 Å². The molecule has 1 saturated carbocycles. The van der Waals surface area contributed by atoms with E-state index in [0.717, 1.165) is 17.4 Å². The van der Waals surface area contributed by atoms with Gasteiger partial charge in [-0.2, -0.15) is 0 Å². The minimum atomic E-state index is 0.128. The smallest absolute Gasteiger partial charge is 0.161 e. The highest BCUT2D eigenvalue weighted by Crippen LogP contribution is 2.35. The first-order valence-corrected chi connectivity index (χ1v) is 7.44. The van der Waals surface area contributed by atoms with E-state index in [4.69, 9.17) is 9.47 Å². The Morgan fingerprint density at radius 2 is 1.84 bits per heavy atom. The second kappa shape index (κ2) is 5.83. The molecule has 0 bridgehead atoms. The number of nitrogens with one attached hydrogen (secondary N) is 1. The molecule has 0 saturated heterocycles. The van der Waals surface area contributed by atoms with Gasteiger partial charge in [-0.15, -0.1) is 0 Å². The molecular weight excluding hydrogens is 238 g/mol. The van der Waals surface area contributed by atoms with E-state index in [1.807, 2.05) is 31.3 Å². The van der Waals surface area contributed by atoms with Crippen molar-refractivity contribution in [2.75, 3.05) is 13.7 Å². The topological polar surface area (TPSA) is 30.5 Å². The third kappa shape index (κ3) is 2.71. The molecule has 3 heteroatoms. The normalized spacial score (nSPS) is 25.0. The summed E-state index contributed by atoms with van der Waals surface area (Å²) < 4.78 is 12.0. The summed E-state index contributed by atoms with van der Waals surface area (Å²) in [5.74, 6) is 2.48. The maximum absolute atomic E-state index is 6.15. The van der Waals surface area contributed by atoms with Gasteiger partial charge in [-0.1, -0.05) is 31.4 Å². The largest absolute Gasteiger partial charge is 0.486 e. The van der Waals surface area contributed by atoms with Gasteiger partial charge in [0.25, 0.3) is 0 Å². The summed E-state index contributed by atoms with van der Waals surface area (Å²) in [7, 11) is 2.04. The van der Waals surface area contributed by atoms with Gasteiger partial charge in [0.05, 0.1) is 6.04 Å². The average Bonchev–Trinajstić information content (AvgIpc) is 2.49. The van der Waals surface area contributed by atoms with E-state index in [1.54, 1.807) is 0 Å². The number of para-hydroxylation sites is 2. The van der Waals surface area contributed by atoms with Crippen LogP contribution in [0.1, 0.15) is 32.1 Å². The van der Waals surface area contributed by atoms with Crippen molar-refractivity contribution in [2.45, 2.75) is 44.2 Å². The molecule has 3 nitrogen and oxygen atoms in total. The number of benzene rings is 1. The third-order valence-corrected chi connectivity index (χ3v) is 4.42. The van der Waals surface area contributed by atoms with Gasteiger partial charge in [0, 0.05) is 0 Å². The fourth-order valence-electron chi connectivity index (χ4n) is 3.43. The van der Waals surface area contributed by atoms with Crippen LogP contribution in [0.5, 0.6) is 11.5 Å². The predicted molar refractivity (Wildman–Crippen MR) is 75.8 cm³/mol.